The van der Waals surface area contributed by atoms with E-state index in [2.05, 4.69) is 4.98 Å². The Balaban J connectivity index is 1.44. The number of nitrogens with zero attached hydrogens (tertiary/aromatic N) is 3. The maximum absolute atomic E-state index is 12.8. The van der Waals surface area contributed by atoms with E-state index in [0.29, 0.717) is 29.9 Å². The number of anilines is 1. The molecule has 0 radical (unpaired) electrons. The summed E-state index contributed by atoms with van der Waals surface area (Å²) in [6.07, 6.45) is 4.99. The number of rotatable bonds is 5. The van der Waals surface area contributed by atoms with Crippen LogP contribution in [0.4, 0.5) is 5.69 Å². The lowest BCUT2D eigenvalue weighted by molar-refractivity contribution is -0.121. The van der Waals surface area contributed by atoms with Crippen molar-refractivity contribution in [3.05, 3.63) is 47.1 Å². The average molecular weight is 346 g/mol. The van der Waals surface area contributed by atoms with Crippen molar-refractivity contribution >= 4 is 23.2 Å². The minimum atomic E-state index is -0.169. The molecule has 0 bridgehead atoms. The lowest BCUT2D eigenvalue weighted by Gasteiger charge is -2.23. The summed E-state index contributed by atoms with van der Waals surface area (Å²) >= 11 is 6.23. The van der Waals surface area contributed by atoms with E-state index in [1.165, 1.54) is 12.8 Å². The van der Waals surface area contributed by atoms with Gasteiger partial charge in [0.25, 0.3) is 0 Å². The van der Waals surface area contributed by atoms with Crippen LogP contribution in [-0.4, -0.2) is 35.4 Å². The fraction of sp³-hybridized carbons (Fsp3) is 0.444. The molecule has 1 aromatic carbocycles. The van der Waals surface area contributed by atoms with Gasteiger partial charge < -0.3 is 9.32 Å². The molecule has 2 heterocycles. The summed E-state index contributed by atoms with van der Waals surface area (Å²) in [6, 6.07) is 7.30. The average Bonchev–Trinajstić information content (AvgIpc) is 3.20. The van der Waals surface area contributed by atoms with Crippen LogP contribution in [0.5, 0.6) is 0 Å². The van der Waals surface area contributed by atoms with E-state index in [1.54, 1.807) is 4.90 Å². The molecule has 24 heavy (non-hydrogen) atoms. The Morgan fingerprint density at radius 1 is 1.33 bits per heavy atom. The normalized spacial score (nSPS) is 21.0. The van der Waals surface area contributed by atoms with Gasteiger partial charge in [0.2, 0.25) is 11.8 Å². The molecule has 2 fully saturated rings. The highest BCUT2D eigenvalue weighted by molar-refractivity contribution is 6.33. The molecule has 1 aliphatic heterocycles. The zero-order valence-electron chi connectivity index (χ0n) is 13.6. The molecule has 1 saturated carbocycles. The fourth-order valence-corrected chi connectivity index (χ4v) is 3.50. The second-order valence-electron chi connectivity index (χ2n) is 6.59. The van der Waals surface area contributed by atoms with Gasteiger partial charge in [-0.25, -0.2) is 4.98 Å². The van der Waals surface area contributed by atoms with Crippen LogP contribution < -0.4 is 4.90 Å². The van der Waals surface area contributed by atoms with Crippen molar-refractivity contribution in [3.63, 3.8) is 0 Å². The summed E-state index contributed by atoms with van der Waals surface area (Å²) < 4.78 is 5.80. The zero-order chi connectivity index (χ0) is 16.7. The van der Waals surface area contributed by atoms with Gasteiger partial charge in [0.15, 0.2) is 0 Å². The Labute approximate surface area is 146 Å². The number of hydrogen-bond donors (Lipinski definition) is 0. The minimum Gasteiger partial charge on any atom is -0.444 e. The third-order valence-corrected chi connectivity index (χ3v) is 5.11. The number of amides is 1. The first kappa shape index (κ1) is 15.7. The fourth-order valence-electron chi connectivity index (χ4n) is 3.26. The van der Waals surface area contributed by atoms with E-state index in [1.807, 2.05) is 42.4 Å². The van der Waals surface area contributed by atoms with E-state index in [0.717, 1.165) is 17.9 Å². The second-order valence-corrected chi connectivity index (χ2v) is 7.00. The number of aromatic nitrogens is 1. The van der Waals surface area contributed by atoms with Crippen LogP contribution in [0.2, 0.25) is 5.02 Å². The van der Waals surface area contributed by atoms with E-state index < -0.39 is 0 Å². The van der Waals surface area contributed by atoms with Crippen LogP contribution in [-0.2, 0) is 11.3 Å². The summed E-state index contributed by atoms with van der Waals surface area (Å²) in [5, 5.41) is 0.607. The van der Waals surface area contributed by atoms with Gasteiger partial charge in [-0.2, -0.15) is 0 Å². The maximum Gasteiger partial charge on any atom is 0.244 e. The second kappa shape index (κ2) is 6.22. The molecular formula is C18H20ClN3O2. The number of benzene rings is 1. The standard InChI is InChI=1S/C18H20ClN3O2/c1-21(11-17-20-10-16(24-17)12-6-7-12)15-8-9-22(18(15)23)14-5-3-2-4-13(14)19/h2-5,10,12,15H,6-9,11H2,1H3. The molecule has 1 aromatic heterocycles. The van der Waals surface area contributed by atoms with Gasteiger partial charge in [0.1, 0.15) is 5.76 Å². The number of likely N-dealkylation sites (N-methyl/N-ethyl adjacent to an activating group) is 1. The van der Waals surface area contributed by atoms with Gasteiger partial charge in [-0.3, -0.25) is 9.69 Å². The molecule has 1 atom stereocenters. The summed E-state index contributed by atoms with van der Waals surface area (Å²) in [7, 11) is 1.94. The first-order valence-electron chi connectivity index (χ1n) is 8.34. The molecule has 2 aromatic rings. The van der Waals surface area contributed by atoms with Crippen LogP contribution in [0.15, 0.2) is 34.9 Å². The van der Waals surface area contributed by atoms with Crippen molar-refractivity contribution in [2.24, 2.45) is 0 Å². The smallest absolute Gasteiger partial charge is 0.244 e. The van der Waals surface area contributed by atoms with E-state index in [4.69, 9.17) is 16.0 Å². The highest BCUT2D eigenvalue weighted by atomic mass is 35.5. The van der Waals surface area contributed by atoms with Gasteiger partial charge in [-0.15, -0.1) is 0 Å². The molecule has 0 N–H and O–H groups in total. The van der Waals surface area contributed by atoms with Gasteiger partial charge in [-0.1, -0.05) is 23.7 Å². The van der Waals surface area contributed by atoms with E-state index >= 15 is 0 Å². The topological polar surface area (TPSA) is 49.6 Å². The lowest BCUT2D eigenvalue weighted by Crippen LogP contribution is -2.39. The lowest BCUT2D eigenvalue weighted by atomic mass is 10.2. The first-order valence-corrected chi connectivity index (χ1v) is 8.72. The van der Waals surface area contributed by atoms with Crippen molar-refractivity contribution in [1.29, 1.82) is 0 Å². The van der Waals surface area contributed by atoms with Gasteiger partial charge in [0.05, 0.1) is 29.5 Å². The molecular weight excluding hydrogens is 326 g/mol. The molecule has 2 aliphatic rings. The summed E-state index contributed by atoms with van der Waals surface area (Å²) in [4.78, 5) is 20.9. The van der Waals surface area contributed by atoms with Gasteiger partial charge >= 0.3 is 0 Å². The number of halogens is 1. The van der Waals surface area contributed by atoms with Crippen LogP contribution in [0.1, 0.15) is 36.8 Å². The SMILES string of the molecule is CN(Cc1ncc(C2CC2)o1)C1CCN(c2ccccc2Cl)C1=O. The monoisotopic (exact) mass is 345 g/mol. The van der Waals surface area contributed by atoms with Crippen LogP contribution in [0.3, 0.4) is 0 Å². The predicted octanol–water partition coefficient (Wildman–Crippen LogP) is 3.44. The Morgan fingerprint density at radius 3 is 2.88 bits per heavy atom. The molecule has 1 amide bonds. The number of carbonyl (C=O) groups excluding carboxylic acids is 1. The molecule has 126 valence electrons. The maximum atomic E-state index is 12.8. The molecule has 5 nitrogen and oxygen atoms in total. The summed E-state index contributed by atoms with van der Waals surface area (Å²) in [6.45, 7) is 1.22. The van der Waals surface area contributed by atoms with Gasteiger partial charge in [-0.05, 0) is 38.4 Å². The molecule has 6 heteroatoms. The van der Waals surface area contributed by atoms with Crippen molar-refractivity contribution in [2.45, 2.75) is 37.8 Å². The number of oxazole rings is 1. The first-order chi connectivity index (χ1) is 11.6. The predicted molar refractivity (Wildman–Crippen MR) is 92.2 cm³/mol. The van der Waals surface area contributed by atoms with Crippen LogP contribution in [0, 0.1) is 0 Å². The number of para-hydroxylation sites is 1. The quantitative estimate of drug-likeness (QED) is 0.833. The summed E-state index contributed by atoms with van der Waals surface area (Å²) in [5.41, 5.74) is 0.784. The molecule has 4 rings (SSSR count). The molecule has 1 saturated heterocycles. The van der Waals surface area contributed by atoms with Crippen LogP contribution >= 0.6 is 11.6 Å². The van der Waals surface area contributed by atoms with Crippen LogP contribution in [0.25, 0.3) is 0 Å². The molecule has 1 aliphatic carbocycles. The molecule has 0 spiro atoms. The number of hydrogen-bond acceptors (Lipinski definition) is 4. The van der Waals surface area contributed by atoms with E-state index in [9.17, 15) is 4.79 Å². The van der Waals surface area contributed by atoms with Gasteiger partial charge in [0, 0.05) is 12.5 Å². The van der Waals surface area contributed by atoms with Crippen molar-refractivity contribution in [3.8, 4) is 0 Å². The zero-order valence-corrected chi connectivity index (χ0v) is 14.4. The van der Waals surface area contributed by atoms with Crippen molar-refractivity contribution in [2.75, 3.05) is 18.5 Å². The highest BCUT2D eigenvalue weighted by Gasteiger charge is 2.36. The van der Waals surface area contributed by atoms with E-state index in [-0.39, 0.29) is 11.9 Å². The Kier molecular flexibility index (Phi) is 4.06. The number of carbonyl (C=O) groups is 1. The Hall–Kier alpha value is -1.85. The third-order valence-electron chi connectivity index (χ3n) is 4.79. The largest absolute Gasteiger partial charge is 0.444 e. The summed E-state index contributed by atoms with van der Waals surface area (Å²) in [5.74, 6) is 2.30. The minimum absolute atomic E-state index is 0.0829. The Morgan fingerprint density at radius 2 is 2.12 bits per heavy atom. The molecule has 1 unspecified atom stereocenters. The highest BCUT2D eigenvalue weighted by Crippen LogP contribution is 2.40. The Bertz CT molecular complexity index is 756. The van der Waals surface area contributed by atoms with Crippen molar-refractivity contribution < 1.29 is 9.21 Å². The third kappa shape index (κ3) is 2.94. The van der Waals surface area contributed by atoms with Crippen molar-refractivity contribution in [1.82, 2.24) is 9.88 Å².